The Morgan fingerprint density at radius 1 is 0.919 bits per heavy atom. The van der Waals surface area contributed by atoms with Crippen molar-refractivity contribution >= 4 is 35.9 Å². The zero-order valence-electron chi connectivity index (χ0n) is 33.6. The number of rotatable bonds is 20. The van der Waals surface area contributed by atoms with E-state index < -0.39 is 29.3 Å². The Morgan fingerprint density at radius 3 is 2.34 bits per heavy atom. The first kappa shape index (κ1) is 47.3. The molecule has 1 aliphatic rings. The molecule has 0 saturated carbocycles. The molecule has 5 rings (SSSR count). The van der Waals surface area contributed by atoms with Crippen molar-refractivity contribution in [3.63, 3.8) is 0 Å². The van der Waals surface area contributed by atoms with E-state index in [0.29, 0.717) is 52.0 Å². The molecule has 4 aromatic rings. The van der Waals surface area contributed by atoms with Gasteiger partial charge in [-0.2, -0.15) is 24.7 Å². The molecule has 336 valence electrons. The van der Waals surface area contributed by atoms with Gasteiger partial charge in [-0.25, -0.2) is 8.78 Å². The van der Waals surface area contributed by atoms with E-state index in [4.69, 9.17) is 15.2 Å². The molecule has 13 nitrogen and oxygen atoms in total. The minimum atomic E-state index is -4.84. The minimum Gasteiger partial charge on any atom is -0.520 e. The number of anilines is 1. The number of hydrogen-bond donors (Lipinski definition) is 3. The summed E-state index contributed by atoms with van der Waals surface area (Å²) in [6, 6.07) is 18.6. The number of nitrogen functional groups attached to an aromatic ring is 1. The Hall–Kier alpha value is -7.40. The van der Waals surface area contributed by atoms with Crippen LogP contribution in [0.25, 0.3) is 0 Å². The summed E-state index contributed by atoms with van der Waals surface area (Å²) < 4.78 is 79.4. The molecule has 0 atom stereocenters. The monoisotopic (exact) mass is 1110 g/mol. The van der Waals surface area contributed by atoms with E-state index >= 15 is 0 Å². The number of nitrogens with zero attached hydrogens (tertiary/aromatic N) is 4. The Morgan fingerprint density at radius 2 is 1.63 bits per heavy atom. The number of amides is 3. The second kappa shape index (κ2) is 22.3. The van der Waals surface area contributed by atoms with Gasteiger partial charge in [-0.05, 0) is 53.6 Å². The van der Waals surface area contributed by atoms with E-state index in [0.717, 1.165) is 17.3 Å². The molecular formula is C43H45F5FmN7O6-. The molecule has 1 saturated heterocycles. The molecule has 0 radical (unpaired) electrons. The van der Waals surface area contributed by atoms with Crippen LogP contribution in [0.1, 0.15) is 48.5 Å². The van der Waals surface area contributed by atoms with Gasteiger partial charge in [0.15, 0.2) is 6.29 Å². The number of carbonyl (C=O) groups is 3. The van der Waals surface area contributed by atoms with Crippen LogP contribution in [0.15, 0.2) is 84.0 Å². The largest absolute Gasteiger partial charge is 0.520 e. The van der Waals surface area contributed by atoms with Gasteiger partial charge in [0.25, 0.3) is 5.91 Å². The van der Waals surface area contributed by atoms with Crippen LogP contribution in [-0.2, 0) is 40.1 Å². The van der Waals surface area contributed by atoms with Crippen molar-refractivity contribution in [2.24, 2.45) is 5.10 Å². The maximum Gasteiger partial charge on any atom is 0.419 e. The zero-order valence-corrected chi connectivity index (χ0v) is 36.0. The summed E-state index contributed by atoms with van der Waals surface area (Å²) >= 11 is 0. The molecular weight excluding hydrogens is 1060 g/mol. The van der Waals surface area contributed by atoms with Crippen molar-refractivity contribution in [1.82, 2.24) is 25.4 Å². The molecule has 0 spiro atoms. The zero-order chi connectivity index (χ0) is 43.9. The van der Waals surface area contributed by atoms with Crippen molar-refractivity contribution in [3.8, 4) is 5.75 Å². The predicted molar refractivity (Wildman–Crippen MR) is 216 cm³/mol. The third-order valence-electron chi connectivity index (χ3n) is 9.71. The molecule has 0 bridgehead atoms. The predicted octanol–water partition coefficient (Wildman–Crippen LogP) is 4.58. The molecule has 1 fully saturated rings. The molecule has 4 aromatic carbocycles. The number of carbonyl (C=O) groups excluding carboxylic acids is 4. The van der Waals surface area contributed by atoms with Crippen molar-refractivity contribution in [1.29, 1.82) is 0 Å². The summed E-state index contributed by atoms with van der Waals surface area (Å²) in [5.41, 5.74) is 10.5. The second-order valence-electron chi connectivity index (χ2n) is 13.9. The average Bonchev–Trinajstić information content (AvgIpc) is 3.25. The van der Waals surface area contributed by atoms with Crippen LogP contribution < -0.4 is 21.2 Å². The van der Waals surface area contributed by atoms with Gasteiger partial charge in [-0.3, -0.25) is 14.4 Å². The maximum atomic E-state index is 15.0. The topological polar surface area (TPSA) is 159 Å². The van der Waals surface area contributed by atoms with Crippen molar-refractivity contribution in [3.05, 3.63) is 129 Å². The molecule has 3 amide bonds. The summed E-state index contributed by atoms with van der Waals surface area (Å²) in [4.78, 5) is 53.9. The SMILES string of the molecule is CN/N=C(/Cc1ccc(F)c(C(=O)N2CCN(C(=O)CN([C-]=O)CCOCCNCc3cc(N)ccc3OCc3ccc(F)c(C(F)(F)F)c3)CC2)c1)c1ccccc1C=O.[Fm]. The van der Waals surface area contributed by atoms with Crippen LogP contribution in [0.2, 0.25) is 0 Å². The summed E-state index contributed by atoms with van der Waals surface area (Å²) in [7, 11) is 1.62. The molecule has 0 aliphatic carbocycles. The third-order valence-corrected chi connectivity index (χ3v) is 9.71. The summed E-state index contributed by atoms with van der Waals surface area (Å²) in [6.07, 6.45) is -2.15. The van der Waals surface area contributed by atoms with Crippen molar-refractivity contribution in [2.75, 3.05) is 71.8 Å². The summed E-state index contributed by atoms with van der Waals surface area (Å²) in [5.74, 6) is -2.58. The third kappa shape index (κ3) is 12.8. The number of nitrogens with one attached hydrogen (secondary N) is 2. The van der Waals surface area contributed by atoms with Gasteiger partial charge in [0.2, 0.25) is 5.91 Å². The van der Waals surface area contributed by atoms with Crippen LogP contribution in [0.3, 0.4) is 0 Å². The summed E-state index contributed by atoms with van der Waals surface area (Å²) in [5, 5.41) is 7.47. The molecule has 19 heteroatoms. The van der Waals surface area contributed by atoms with E-state index in [-0.39, 0.29) is 89.1 Å². The number of hydrogen-bond acceptors (Lipinski definition) is 10. The fourth-order valence-electron chi connectivity index (χ4n) is 6.54. The minimum absolute atomic E-state index is 0. The molecule has 0 aromatic heterocycles. The van der Waals surface area contributed by atoms with E-state index in [9.17, 15) is 41.1 Å². The second-order valence-corrected chi connectivity index (χ2v) is 13.9. The van der Waals surface area contributed by atoms with E-state index in [1.807, 2.05) is 0 Å². The van der Waals surface area contributed by atoms with Crippen molar-refractivity contribution in [2.45, 2.75) is 25.7 Å². The van der Waals surface area contributed by atoms with Crippen LogP contribution >= 0.6 is 0 Å². The molecule has 62 heavy (non-hydrogen) atoms. The van der Waals surface area contributed by atoms with E-state index in [1.165, 1.54) is 28.0 Å². The first-order valence-corrected chi connectivity index (χ1v) is 19.2. The van der Waals surface area contributed by atoms with Gasteiger partial charge in [0.1, 0.15) is 24.0 Å². The van der Waals surface area contributed by atoms with Crippen molar-refractivity contribution < 1.29 is 50.6 Å². The van der Waals surface area contributed by atoms with Crippen LogP contribution in [0.4, 0.5) is 27.6 Å². The average molecular weight is 1110 g/mol. The fraction of sp³-hybridized carbons (Fsp3) is 0.326. The van der Waals surface area contributed by atoms with Crippen LogP contribution in [0, 0.1) is 11.6 Å². The molecule has 1 heterocycles. The van der Waals surface area contributed by atoms with E-state index in [1.54, 1.807) is 62.0 Å². The summed E-state index contributed by atoms with van der Waals surface area (Å²) in [6.45, 7) is 1.20. The Bertz CT molecular complexity index is 2200. The number of aldehydes is 1. The van der Waals surface area contributed by atoms with Gasteiger partial charge in [0, 0.05) is 81.7 Å². The number of nitrogens with two attached hydrogens (primary N) is 1. The Labute approximate surface area is 349 Å². The first-order valence-electron chi connectivity index (χ1n) is 19.2. The Kier molecular flexibility index (Phi) is 17.0. The Balaban J connectivity index is 0.00000845. The molecule has 0 unspecified atom stereocenters. The van der Waals surface area contributed by atoms with Gasteiger partial charge in [0.05, 0.1) is 36.6 Å². The molecule has 1 aliphatic heterocycles. The van der Waals surface area contributed by atoms with Gasteiger partial charge >= 0.3 is 6.18 Å². The smallest absolute Gasteiger partial charge is 0.419 e. The maximum absolute atomic E-state index is 15.0. The molecule has 4 N–H and O–H groups in total. The number of benzene rings is 4. The number of halogens is 5. The quantitative estimate of drug-likeness (QED) is 0.0169. The number of alkyl halides is 3. The van der Waals surface area contributed by atoms with Gasteiger partial charge in [-0.1, -0.05) is 36.4 Å². The first-order chi connectivity index (χ1) is 29.3. The van der Waals surface area contributed by atoms with Gasteiger partial charge < -0.3 is 45.4 Å². The number of piperazine rings is 1. The van der Waals surface area contributed by atoms with Crippen LogP contribution in [-0.4, -0.2) is 111 Å². The number of ether oxygens (including phenoxy) is 2. The van der Waals surface area contributed by atoms with Crippen LogP contribution in [0.5, 0.6) is 5.75 Å². The van der Waals surface area contributed by atoms with Gasteiger partial charge in [-0.15, -0.1) is 0 Å². The van der Waals surface area contributed by atoms with E-state index in [2.05, 4.69) is 15.8 Å². The standard InChI is InChI=1S/C43H45F5N7O6.Fm/c1-50-52-39(34-5-3-2-4-31(34)26-56)22-29-6-9-37(44)35(20-29)42(59)55-15-13-54(14-16-55)41(58)25-53(28-57)17-19-60-18-12-51-24-32-23-33(49)8-11-40(32)61-27-30-7-10-38(45)36(21-30)43(46,47)48;/h2-11,20-21,23,26,50-51H,12-19,22,24-25,27,49H2,1H3;/q-1;/b52-39-;. The number of hydrazone groups is 1. The fourth-order valence-corrected chi connectivity index (χ4v) is 6.54. The normalized spacial score (nSPS) is 13.0.